The quantitative estimate of drug-likeness (QED) is 0.670. The van der Waals surface area contributed by atoms with Crippen molar-refractivity contribution >= 4 is 21.6 Å². The van der Waals surface area contributed by atoms with Crippen LogP contribution < -0.4 is 20.5 Å². The average Bonchev–Trinajstić information content (AvgIpc) is 3.45. The number of amides is 2. The maximum Gasteiger partial charge on any atom is 0.354 e. The molecule has 0 spiro atoms. The fraction of sp³-hybridized carbons (Fsp3) is 0.524. The fourth-order valence-electron chi connectivity index (χ4n) is 5.00. The highest BCUT2D eigenvalue weighted by Crippen LogP contribution is 2.44. The lowest BCUT2D eigenvalue weighted by molar-refractivity contribution is 0.184. The van der Waals surface area contributed by atoms with E-state index in [1.54, 1.807) is 4.68 Å². The lowest BCUT2D eigenvalue weighted by Crippen LogP contribution is -2.40. The van der Waals surface area contributed by atoms with E-state index in [4.69, 9.17) is 9.88 Å². The molecule has 10 heteroatoms. The van der Waals surface area contributed by atoms with E-state index in [2.05, 4.69) is 33.1 Å². The number of hydrogen-bond acceptors (Lipinski definition) is 5. The second kappa shape index (κ2) is 7.61. The number of carbonyl (C=O) groups excluding carboxylic acids is 1. The predicted octanol–water partition coefficient (Wildman–Crippen LogP) is 2.33. The van der Waals surface area contributed by atoms with Gasteiger partial charge in [-0.15, -0.1) is 4.36 Å². The molecule has 2 amide bonds. The third-order valence-corrected chi connectivity index (χ3v) is 7.96. The van der Waals surface area contributed by atoms with Crippen LogP contribution in [0.3, 0.4) is 0 Å². The van der Waals surface area contributed by atoms with Crippen molar-refractivity contribution in [3.8, 4) is 5.88 Å². The van der Waals surface area contributed by atoms with Gasteiger partial charge in [0, 0.05) is 5.69 Å². The standard InChI is InChI=1S/C21H28N6O3S/c1-12-6-7-14-8-13-4-3-5-16(13)19(18(12)14)25-21(28)26-31(22,29)17-9-24-27-10-15(23-2)11-30-20(17)27/h8-9,12,15,23H,3-7,10-11H2,1-2H3,(H3,22,25,26,28,29)/t12-,15-,31-/m0/s1. The highest BCUT2D eigenvalue weighted by molar-refractivity contribution is 7.91. The zero-order chi connectivity index (χ0) is 21.8. The van der Waals surface area contributed by atoms with Crippen LogP contribution in [-0.2, 0) is 35.7 Å². The number of nitrogens with one attached hydrogen (secondary N) is 2. The van der Waals surface area contributed by atoms with Gasteiger partial charge in [-0.25, -0.2) is 18.8 Å². The molecule has 31 heavy (non-hydrogen) atoms. The fourth-order valence-corrected chi connectivity index (χ4v) is 6.01. The van der Waals surface area contributed by atoms with Crippen molar-refractivity contribution in [2.24, 2.45) is 9.50 Å². The first-order valence-corrected chi connectivity index (χ1v) is 12.3. The van der Waals surface area contributed by atoms with Crippen molar-refractivity contribution in [2.45, 2.75) is 62.4 Å². The van der Waals surface area contributed by atoms with Crippen molar-refractivity contribution in [1.82, 2.24) is 15.1 Å². The normalized spacial score (nSPS) is 23.3. The lowest BCUT2D eigenvalue weighted by Gasteiger charge is -2.24. The number of aryl methyl sites for hydroxylation is 2. The van der Waals surface area contributed by atoms with E-state index in [-0.39, 0.29) is 10.9 Å². The molecule has 2 aliphatic carbocycles. The molecule has 5 rings (SSSR count). The topological polar surface area (TPSA) is 124 Å². The molecule has 1 aromatic carbocycles. The van der Waals surface area contributed by atoms with Gasteiger partial charge in [-0.1, -0.05) is 13.0 Å². The number of nitrogens with two attached hydrogens (primary N) is 1. The summed E-state index contributed by atoms with van der Waals surface area (Å²) in [6.07, 6.45) is 6.50. The van der Waals surface area contributed by atoms with Crippen LogP contribution >= 0.6 is 0 Å². The van der Waals surface area contributed by atoms with E-state index < -0.39 is 15.9 Å². The molecular weight excluding hydrogens is 416 g/mol. The molecule has 0 radical (unpaired) electrons. The molecule has 0 unspecified atom stereocenters. The minimum absolute atomic E-state index is 0.0959. The van der Waals surface area contributed by atoms with Crippen LogP contribution in [0.1, 0.15) is 47.9 Å². The molecule has 0 fully saturated rings. The maximum absolute atomic E-state index is 13.2. The van der Waals surface area contributed by atoms with Crippen LogP contribution in [0, 0.1) is 0 Å². The molecule has 2 heterocycles. The summed E-state index contributed by atoms with van der Waals surface area (Å²) in [4.78, 5) is 13.0. The lowest BCUT2D eigenvalue weighted by atomic mass is 9.95. The van der Waals surface area contributed by atoms with Crippen LogP contribution in [0.25, 0.3) is 0 Å². The van der Waals surface area contributed by atoms with Gasteiger partial charge >= 0.3 is 6.03 Å². The Bertz CT molecular complexity index is 1180. The molecule has 4 N–H and O–H groups in total. The smallest absolute Gasteiger partial charge is 0.354 e. The number of likely N-dealkylation sites (N-methyl/N-ethyl adjacent to an activating group) is 1. The van der Waals surface area contributed by atoms with E-state index in [0.29, 0.717) is 24.9 Å². The number of benzene rings is 1. The second-order valence-electron chi connectivity index (χ2n) is 8.64. The Labute approximate surface area is 182 Å². The third-order valence-electron chi connectivity index (χ3n) is 6.61. The monoisotopic (exact) mass is 444 g/mol. The third kappa shape index (κ3) is 3.52. The minimum Gasteiger partial charge on any atom is -0.475 e. The van der Waals surface area contributed by atoms with Crippen molar-refractivity contribution in [1.29, 1.82) is 0 Å². The second-order valence-corrected chi connectivity index (χ2v) is 10.4. The van der Waals surface area contributed by atoms with Crippen molar-refractivity contribution < 1.29 is 13.7 Å². The Hall–Kier alpha value is -2.43. The van der Waals surface area contributed by atoms with E-state index in [0.717, 1.165) is 37.8 Å². The first-order valence-electron chi connectivity index (χ1n) is 10.8. The van der Waals surface area contributed by atoms with Gasteiger partial charge in [0.25, 0.3) is 0 Å². The predicted molar refractivity (Wildman–Crippen MR) is 118 cm³/mol. The van der Waals surface area contributed by atoms with Crippen LogP contribution in [0.5, 0.6) is 5.88 Å². The molecule has 9 nitrogen and oxygen atoms in total. The molecule has 1 aliphatic heterocycles. The molecule has 2 aromatic rings. The van der Waals surface area contributed by atoms with Gasteiger partial charge in [0.1, 0.15) is 11.5 Å². The van der Waals surface area contributed by atoms with Gasteiger partial charge in [0.05, 0.1) is 18.8 Å². The Morgan fingerprint density at radius 2 is 2.19 bits per heavy atom. The Morgan fingerprint density at radius 3 is 3.00 bits per heavy atom. The summed E-state index contributed by atoms with van der Waals surface area (Å²) < 4.78 is 24.4. The van der Waals surface area contributed by atoms with Crippen molar-refractivity contribution in [3.63, 3.8) is 0 Å². The number of hydrogen-bond donors (Lipinski definition) is 3. The molecular formula is C21H28N6O3S. The molecule has 0 saturated carbocycles. The summed E-state index contributed by atoms with van der Waals surface area (Å²) in [5, 5.41) is 16.3. The van der Waals surface area contributed by atoms with E-state index in [9.17, 15) is 9.00 Å². The van der Waals surface area contributed by atoms with E-state index in [1.165, 1.54) is 28.5 Å². The molecule has 0 bridgehead atoms. The van der Waals surface area contributed by atoms with Crippen LogP contribution in [0.4, 0.5) is 10.5 Å². The number of anilines is 1. The first-order chi connectivity index (χ1) is 14.9. The molecule has 166 valence electrons. The largest absolute Gasteiger partial charge is 0.475 e. The summed E-state index contributed by atoms with van der Waals surface area (Å²) in [6.45, 7) is 3.14. The van der Waals surface area contributed by atoms with Gasteiger partial charge in [-0.2, -0.15) is 5.10 Å². The molecule has 3 atom stereocenters. The van der Waals surface area contributed by atoms with Gasteiger partial charge in [0.2, 0.25) is 5.88 Å². The summed E-state index contributed by atoms with van der Waals surface area (Å²) in [6, 6.07) is 1.70. The first kappa shape index (κ1) is 20.5. The molecule has 1 aromatic heterocycles. The van der Waals surface area contributed by atoms with E-state index in [1.807, 2.05) is 7.05 Å². The molecule has 0 saturated heterocycles. The van der Waals surface area contributed by atoms with Gasteiger partial charge < -0.3 is 15.4 Å². The zero-order valence-corrected chi connectivity index (χ0v) is 18.6. The average molecular weight is 445 g/mol. The summed E-state index contributed by atoms with van der Waals surface area (Å²) in [7, 11) is -1.67. The summed E-state index contributed by atoms with van der Waals surface area (Å²) in [5.74, 6) is 0.681. The van der Waals surface area contributed by atoms with Gasteiger partial charge in [-0.3, -0.25) is 0 Å². The zero-order valence-electron chi connectivity index (χ0n) is 17.8. The van der Waals surface area contributed by atoms with Crippen LogP contribution in [0.2, 0.25) is 0 Å². The Balaban J connectivity index is 1.47. The van der Waals surface area contributed by atoms with Crippen LogP contribution in [-0.4, -0.2) is 39.7 Å². The SMILES string of the molecule is CN[C@@H]1COc2c([S@@](N)(=O)=NC(=O)Nc3c4c(cc5c3[C@@H](C)CC5)CCC4)cnn2C1. The molecule has 3 aliphatic rings. The number of fused-ring (bicyclic) bond motifs is 3. The number of ether oxygens (including phenoxy) is 1. The number of aromatic nitrogens is 2. The number of nitrogens with zero attached hydrogens (tertiary/aromatic N) is 3. The number of urea groups is 1. The minimum atomic E-state index is -3.51. The van der Waals surface area contributed by atoms with E-state index >= 15 is 0 Å². The van der Waals surface area contributed by atoms with Crippen LogP contribution in [0.15, 0.2) is 21.5 Å². The number of carbonyl (C=O) groups is 1. The van der Waals surface area contributed by atoms with Crippen molar-refractivity contribution in [3.05, 3.63) is 34.5 Å². The van der Waals surface area contributed by atoms with Crippen molar-refractivity contribution in [2.75, 3.05) is 19.0 Å². The van der Waals surface area contributed by atoms with Gasteiger partial charge in [-0.05, 0) is 67.3 Å². The highest BCUT2D eigenvalue weighted by atomic mass is 32.2. The summed E-state index contributed by atoms with van der Waals surface area (Å²) in [5.41, 5.74) is 5.83. The van der Waals surface area contributed by atoms with Gasteiger partial charge in [0.15, 0.2) is 9.92 Å². The highest BCUT2D eigenvalue weighted by Gasteiger charge is 2.30. The number of rotatable bonds is 3. The Kier molecular flexibility index (Phi) is 5.03. The Morgan fingerprint density at radius 1 is 1.35 bits per heavy atom. The maximum atomic E-state index is 13.2. The summed E-state index contributed by atoms with van der Waals surface area (Å²) >= 11 is 0.